The van der Waals surface area contributed by atoms with Gasteiger partial charge in [0.25, 0.3) is 5.91 Å². The molecule has 4 rings (SSSR count). The van der Waals surface area contributed by atoms with Crippen LogP contribution in [0.1, 0.15) is 16.1 Å². The zero-order chi connectivity index (χ0) is 17.2. The van der Waals surface area contributed by atoms with E-state index in [1.807, 2.05) is 67.6 Å². The van der Waals surface area contributed by atoms with Crippen LogP contribution in [0.25, 0.3) is 16.7 Å². The molecule has 0 radical (unpaired) electrons. The molecule has 2 aromatic heterocycles. The van der Waals surface area contributed by atoms with Gasteiger partial charge in [0.1, 0.15) is 5.82 Å². The summed E-state index contributed by atoms with van der Waals surface area (Å²) in [6.07, 6.45) is 0. The van der Waals surface area contributed by atoms with E-state index in [0.29, 0.717) is 17.2 Å². The summed E-state index contributed by atoms with van der Waals surface area (Å²) in [5, 5.41) is 8.45. The predicted octanol–water partition coefficient (Wildman–Crippen LogP) is 3.98. The van der Waals surface area contributed by atoms with Gasteiger partial charge in [-0.15, -0.1) is 0 Å². The van der Waals surface area contributed by atoms with Crippen LogP contribution in [-0.4, -0.2) is 20.7 Å². The minimum absolute atomic E-state index is 0.178. The Morgan fingerprint density at radius 3 is 2.56 bits per heavy atom. The molecule has 1 N–H and O–H groups in total. The highest BCUT2D eigenvalue weighted by atomic mass is 16.1. The van der Waals surface area contributed by atoms with Gasteiger partial charge in [0.15, 0.2) is 5.82 Å². The third-order valence-corrected chi connectivity index (χ3v) is 3.91. The first-order valence-corrected chi connectivity index (χ1v) is 8.00. The van der Waals surface area contributed by atoms with E-state index >= 15 is 0 Å². The molecule has 4 aromatic rings. The number of para-hydroxylation sites is 1. The van der Waals surface area contributed by atoms with Crippen LogP contribution in [0.2, 0.25) is 0 Å². The summed E-state index contributed by atoms with van der Waals surface area (Å²) < 4.78 is 1.66. The number of nitrogens with zero attached hydrogens (tertiary/aromatic N) is 3. The minimum Gasteiger partial charge on any atom is -0.306 e. The molecule has 1 amide bonds. The Labute approximate surface area is 144 Å². The number of anilines is 1. The number of amides is 1. The SMILES string of the molecule is Cc1cc(NC(=O)c2ccccc2)n(-c2ccc3ccccc3n2)n1. The summed E-state index contributed by atoms with van der Waals surface area (Å²) >= 11 is 0. The van der Waals surface area contributed by atoms with Crippen LogP contribution in [-0.2, 0) is 0 Å². The zero-order valence-electron chi connectivity index (χ0n) is 13.7. The Hall–Kier alpha value is -3.47. The summed E-state index contributed by atoms with van der Waals surface area (Å²) in [7, 11) is 0. The Balaban J connectivity index is 1.72. The van der Waals surface area contributed by atoms with E-state index in [2.05, 4.69) is 15.4 Å². The Morgan fingerprint density at radius 1 is 0.960 bits per heavy atom. The Kier molecular flexibility index (Phi) is 3.74. The number of carbonyl (C=O) groups is 1. The van der Waals surface area contributed by atoms with E-state index in [1.165, 1.54) is 0 Å². The highest BCUT2D eigenvalue weighted by Gasteiger charge is 2.13. The molecular formula is C20H16N4O. The van der Waals surface area contributed by atoms with Crippen LogP contribution in [0.5, 0.6) is 0 Å². The maximum atomic E-state index is 12.4. The third-order valence-electron chi connectivity index (χ3n) is 3.91. The molecular weight excluding hydrogens is 312 g/mol. The lowest BCUT2D eigenvalue weighted by Gasteiger charge is -2.09. The van der Waals surface area contributed by atoms with Gasteiger partial charge < -0.3 is 5.32 Å². The van der Waals surface area contributed by atoms with Crippen LogP contribution in [0.4, 0.5) is 5.82 Å². The van der Waals surface area contributed by atoms with Crippen LogP contribution >= 0.6 is 0 Å². The average molecular weight is 328 g/mol. The van der Waals surface area contributed by atoms with Crippen molar-refractivity contribution in [3.63, 3.8) is 0 Å². The second-order valence-electron chi connectivity index (χ2n) is 5.77. The molecule has 0 bridgehead atoms. The monoisotopic (exact) mass is 328 g/mol. The lowest BCUT2D eigenvalue weighted by molar-refractivity contribution is 0.102. The number of aryl methyl sites for hydroxylation is 1. The van der Waals surface area contributed by atoms with E-state index < -0.39 is 0 Å². The lowest BCUT2D eigenvalue weighted by atomic mass is 10.2. The first-order valence-electron chi connectivity index (χ1n) is 8.00. The van der Waals surface area contributed by atoms with Gasteiger partial charge >= 0.3 is 0 Å². The number of benzene rings is 2. The molecule has 5 heteroatoms. The summed E-state index contributed by atoms with van der Waals surface area (Å²) in [5.74, 6) is 1.08. The van der Waals surface area contributed by atoms with E-state index in [1.54, 1.807) is 16.8 Å². The molecule has 0 saturated heterocycles. The van der Waals surface area contributed by atoms with E-state index in [0.717, 1.165) is 16.6 Å². The fourth-order valence-electron chi connectivity index (χ4n) is 2.71. The molecule has 2 aromatic carbocycles. The predicted molar refractivity (Wildman–Crippen MR) is 98.0 cm³/mol. The molecule has 0 spiro atoms. The Morgan fingerprint density at radius 2 is 1.72 bits per heavy atom. The number of aromatic nitrogens is 3. The molecule has 0 aliphatic rings. The van der Waals surface area contributed by atoms with Crippen LogP contribution in [0.3, 0.4) is 0 Å². The van der Waals surface area contributed by atoms with Crippen LogP contribution in [0, 0.1) is 6.92 Å². The van der Waals surface area contributed by atoms with Gasteiger partial charge in [-0.05, 0) is 37.3 Å². The first-order chi connectivity index (χ1) is 12.2. The molecule has 2 heterocycles. The molecule has 122 valence electrons. The highest BCUT2D eigenvalue weighted by molar-refractivity contribution is 6.03. The molecule has 5 nitrogen and oxygen atoms in total. The number of hydrogen-bond acceptors (Lipinski definition) is 3. The van der Waals surface area contributed by atoms with E-state index in [9.17, 15) is 4.79 Å². The molecule has 0 fully saturated rings. The maximum absolute atomic E-state index is 12.4. The quantitative estimate of drug-likeness (QED) is 0.619. The van der Waals surface area contributed by atoms with Gasteiger partial charge in [-0.1, -0.05) is 36.4 Å². The van der Waals surface area contributed by atoms with Gasteiger partial charge in [-0.2, -0.15) is 9.78 Å². The van der Waals surface area contributed by atoms with Crippen molar-refractivity contribution in [3.05, 3.63) is 84.1 Å². The van der Waals surface area contributed by atoms with E-state index in [4.69, 9.17) is 0 Å². The fraction of sp³-hybridized carbons (Fsp3) is 0.0500. The van der Waals surface area contributed by atoms with Crippen molar-refractivity contribution in [2.45, 2.75) is 6.92 Å². The van der Waals surface area contributed by atoms with Gasteiger partial charge in [-0.3, -0.25) is 4.79 Å². The molecule has 0 atom stereocenters. The summed E-state index contributed by atoms with van der Waals surface area (Å²) in [6.45, 7) is 1.88. The van der Waals surface area contributed by atoms with Gasteiger partial charge in [-0.25, -0.2) is 4.98 Å². The number of hydrogen-bond donors (Lipinski definition) is 1. The van der Waals surface area contributed by atoms with Crippen LogP contribution < -0.4 is 5.32 Å². The second kappa shape index (κ2) is 6.20. The first kappa shape index (κ1) is 15.1. The molecule has 0 aliphatic carbocycles. The second-order valence-corrected chi connectivity index (χ2v) is 5.77. The van der Waals surface area contributed by atoms with Crippen molar-refractivity contribution in [1.29, 1.82) is 0 Å². The van der Waals surface area contributed by atoms with Gasteiger partial charge in [0.05, 0.1) is 11.2 Å². The molecule has 0 saturated carbocycles. The minimum atomic E-state index is -0.178. The third kappa shape index (κ3) is 2.99. The highest BCUT2D eigenvalue weighted by Crippen LogP contribution is 2.19. The number of fused-ring (bicyclic) bond motifs is 1. The number of carbonyl (C=O) groups excluding carboxylic acids is 1. The summed E-state index contributed by atoms with van der Waals surface area (Å²) in [5.41, 5.74) is 2.28. The van der Waals surface area contributed by atoms with Crippen LogP contribution in [0.15, 0.2) is 72.8 Å². The molecule has 25 heavy (non-hydrogen) atoms. The maximum Gasteiger partial charge on any atom is 0.256 e. The smallest absolute Gasteiger partial charge is 0.256 e. The van der Waals surface area contributed by atoms with Crippen molar-refractivity contribution < 1.29 is 4.79 Å². The van der Waals surface area contributed by atoms with Gasteiger partial charge in [0, 0.05) is 17.0 Å². The number of rotatable bonds is 3. The standard InChI is InChI=1S/C20H16N4O/c1-14-13-19(22-20(25)16-8-3-2-4-9-16)24(23-14)18-12-11-15-7-5-6-10-17(15)21-18/h2-13H,1H3,(H,22,25). The van der Waals surface area contributed by atoms with E-state index in [-0.39, 0.29) is 5.91 Å². The fourth-order valence-corrected chi connectivity index (χ4v) is 2.71. The Bertz CT molecular complexity index is 1050. The topological polar surface area (TPSA) is 59.8 Å². The number of nitrogens with one attached hydrogen (secondary N) is 1. The lowest BCUT2D eigenvalue weighted by Crippen LogP contribution is -2.15. The largest absolute Gasteiger partial charge is 0.306 e. The van der Waals surface area contributed by atoms with Gasteiger partial charge in [0.2, 0.25) is 0 Å². The summed E-state index contributed by atoms with van der Waals surface area (Å²) in [4.78, 5) is 17.1. The summed E-state index contributed by atoms with van der Waals surface area (Å²) in [6, 6.07) is 22.7. The van der Waals surface area contributed by atoms with Crippen molar-refractivity contribution in [3.8, 4) is 5.82 Å². The average Bonchev–Trinajstić information content (AvgIpc) is 3.02. The van der Waals surface area contributed by atoms with Crippen molar-refractivity contribution in [2.75, 3.05) is 5.32 Å². The molecule has 0 unspecified atom stereocenters. The van der Waals surface area contributed by atoms with Crippen molar-refractivity contribution >= 4 is 22.6 Å². The van der Waals surface area contributed by atoms with Crippen molar-refractivity contribution in [2.24, 2.45) is 0 Å². The molecule has 0 aliphatic heterocycles. The normalized spacial score (nSPS) is 10.8. The number of pyridine rings is 1. The zero-order valence-corrected chi connectivity index (χ0v) is 13.7. The van der Waals surface area contributed by atoms with Crippen molar-refractivity contribution in [1.82, 2.24) is 14.8 Å².